The van der Waals surface area contributed by atoms with E-state index in [0.717, 1.165) is 11.1 Å². The van der Waals surface area contributed by atoms with E-state index in [1.54, 1.807) is 0 Å². The lowest BCUT2D eigenvalue weighted by Gasteiger charge is -2.29. The molecule has 0 radical (unpaired) electrons. The van der Waals surface area contributed by atoms with Crippen LogP contribution in [0.1, 0.15) is 29.9 Å². The van der Waals surface area contributed by atoms with Crippen LogP contribution in [0.25, 0.3) is 0 Å². The van der Waals surface area contributed by atoms with E-state index in [9.17, 15) is 9.59 Å². The van der Waals surface area contributed by atoms with Crippen molar-refractivity contribution in [2.75, 3.05) is 14.2 Å². The van der Waals surface area contributed by atoms with Crippen LogP contribution >= 0.6 is 0 Å². The van der Waals surface area contributed by atoms with E-state index in [2.05, 4.69) is 0 Å². The molecule has 2 atom stereocenters. The molecule has 0 N–H and O–H groups in total. The first-order chi connectivity index (χ1) is 11.6. The fourth-order valence-corrected chi connectivity index (χ4v) is 3.05. The Morgan fingerprint density at radius 1 is 0.750 bits per heavy atom. The van der Waals surface area contributed by atoms with Crippen LogP contribution in [0.5, 0.6) is 0 Å². The third kappa shape index (κ3) is 3.82. The SMILES string of the molecule is COC(=O)C(C(=O)OC)[C@@H](c1ccccc1)[C@H](C)c1ccccc1. The van der Waals surface area contributed by atoms with Gasteiger partial charge in [0.15, 0.2) is 5.92 Å². The minimum atomic E-state index is -1.02. The van der Waals surface area contributed by atoms with Gasteiger partial charge in [-0.3, -0.25) is 9.59 Å². The summed E-state index contributed by atoms with van der Waals surface area (Å²) in [6.07, 6.45) is 0. The van der Waals surface area contributed by atoms with Gasteiger partial charge in [0.1, 0.15) is 0 Å². The summed E-state index contributed by atoms with van der Waals surface area (Å²) in [6, 6.07) is 19.3. The molecule has 24 heavy (non-hydrogen) atoms. The third-order valence-electron chi connectivity index (χ3n) is 4.32. The van der Waals surface area contributed by atoms with Crippen molar-refractivity contribution in [3.05, 3.63) is 71.8 Å². The first kappa shape index (κ1) is 17.7. The van der Waals surface area contributed by atoms with Crippen molar-refractivity contribution in [2.45, 2.75) is 18.8 Å². The average Bonchev–Trinajstić information content (AvgIpc) is 2.65. The summed E-state index contributed by atoms with van der Waals surface area (Å²) in [5, 5.41) is 0. The topological polar surface area (TPSA) is 52.6 Å². The normalized spacial score (nSPS) is 13.2. The first-order valence-electron chi connectivity index (χ1n) is 7.85. The summed E-state index contributed by atoms with van der Waals surface area (Å²) < 4.78 is 9.77. The van der Waals surface area contributed by atoms with E-state index < -0.39 is 17.9 Å². The lowest BCUT2D eigenvalue weighted by molar-refractivity contribution is -0.160. The quantitative estimate of drug-likeness (QED) is 0.602. The zero-order valence-electron chi connectivity index (χ0n) is 14.1. The van der Waals surface area contributed by atoms with E-state index in [-0.39, 0.29) is 11.8 Å². The summed E-state index contributed by atoms with van der Waals surface area (Å²) in [5.74, 6) is -2.64. The second-order valence-electron chi connectivity index (χ2n) is 5.66. The molecular weight excluding hydrogens is 304 g/mol. The molecule has 2 aromatic rings. The number of ether oxygens (including phenoxy) is 2. The summed E-state index contributed by atoms with van der Waals surface area (Å²) in [4.78, 5) is 24.7. The van der Waals surface area contributed by atoms with Gasteiger partial charge < -0.3 is 9.47 Å². The highest BCUT2D eigenvalue weighted by molar-refractivity contribution is 5.96. The average molecular weight is 326 g/mol. The first-order valence-corrected chi connectivity index (χ1v) is 7.85. The summed E-state index contributed by atoms with van der Waals surface area (Å²) in [5.41, 5.74) is 1.94. The van der Waals surface area contributed by atoms with Crippen LogP contribution in [0.2, 0.25) is 0 Å². The molecule has 0 saturated carbocycles. The molecule has 0 saturated heterocycles. The highest BCUT2D eigenvalue weighted by Crippen LogP contribution is 2.39. The smallest absolute Gasteiger partial charge is 0.320 e. The number of esters is 2. The van der Waals surface area contributed by atoms with Gasteiger partial charge in [0.2, 0.25) is 0 Å². The van der Waals surface area contributed by atoms with Crippen LogP contribution in [-0.4, -0.2) is 26.2 Å². The van der Waals surface area contributed by atoms with Gasteiger partial charge in [-0.15, -0.1) is 0 Å². The molecule has 0 aromatic heterocycles. The van der Waals surface area contributed by atoms with E-state index in [1.165, 1.54) is 14.2 Å². The van der Waals surface area contributed by atoms with Crippen LogP contribution < -0.4 is 0 Å². The molecule has 2 aromatic carbocycles. The maximum absolute atomic E-state index is 12.3. The number of hydrogen-bond donors (Lipinski definition) is 0. The zero-order valence-corrected chi connectivity index (χ0v) is 14.1. The Bertz CT molecular complexity index is 651. The fraction of sp³-hybridized carbons (Fsp3) is 0.300. The Kier molecular flexibility index (Phi) is 6.13. The number of methoxy groups -OCH3 is 2. The van der Waals surface area contributed by atoms with Crippen molar-refractivity contribution in [1.82, 2.24) is 0 Å². The second-order valence-corrected chi connectivity index (χ2v) is 5.66. The molecule has 0 aliphatic rings. The largest absolute Gasteiger partial charge is 0.468 e. The molecule has 126 valence electrons. The van der Waals surface area contributed by atoms with Crippen LogP contribution in [0, 0.1) is 5.92 Å². The predicted octanol–water partition coefficient (Wildman–Crippen LogP) is 3.54. The predicted molar refractivity (Wildman–Crippen MR) is 91.6 cm³/mol. The second kappa shape index (κ2) is 8.29. The minimum absolute atomic E-state index is 0.0724. The van der Waals surface area contributed by atoms with E-state index in [0.29, 0.717) is 0 Å². The number of carbonyl (C=O) groups excluding carboxylic acids is 2. The van der Waals surface area contributed by atoms with Crippen molar-refractivity contribution in [2.24, 2.45) is 5.92 Å². The van der Waals surface area contributed by atoms with Gasteiger partial charge in [-0.2, -0.15) is 0 Å². The summed E-state index contributed by atoms with van der Waals surface area (Å²) >= 11 is 0. The maximum atomic E-state index is 12.3. The van der Waals surface area contributed by atoms with Gasteiger partial charge in [-0.25, -0.2) is 0 Å². The van der Waals surface area contributed by atoms with Crippen LogP contribution in [-0.2, 0) is 19.1 Å². The molecule has 0 aliphatic heterocycles. The van der Waals surface area contributed by atoms with E-state index in [1.807, 2.05) is 67.6 Å². The number of hydrogen-bond acceptors (Lipinski definition) is 4. The van der Waals surface area contributed by atoms with Crippen LogP contribution in [0.3, 0.4) is 0 Å². The van der Waals surface area contributed by atoms with E-state index >= 15 is 0 Å². The van der Waals surface area contributed by atoms with Gasteiger partial charge in [-0.05, 0) is 17.0 Å². The van der Waals surface area contributed by atoms with Gasteiger partial charge in [0, 0.05) is 5.92 Å². The highest BCUT2D eigenvalue weighted by Gasteiger charge is 2.41. The summed E-state index contributed by atoms with van der Waals surface area (Å²) in [7, 11) is 2.57. The van der Waals surface area contributed by atoms with Crippen molar-refractivity contribution in [3.63, 3.8) is 0 Å². The Morgan fingerprint density at radius 3 is 1.58 bits per heavy atom. The van der Waals surface area contributed by atoms with Crippen LogP contribution in [0.15, 0.2) is 60.7 Å². The molecule has 0 heterocycles. The Morgan fingerprint density at radius 2 is 1.17 bits per heavy atom. The molecule has 4 heteroatoms. The van der Waals surface area contributed by atoms with Crippen molar-refractivity contribution in [1.29, 1.82) is 0 Å². The van der Waals surface area contributed by atoms with E-state index in [4.69, 9.17) is 9.47 Å². The molecule has 0 aliphatic carbocycles. The molecule has 4 nitrogen and oxygen atoms in total. The number of carbonyl (C=O) groups is 2. The minimum Gasteiger partial charge on any atom is -0.468 e. The molecule has 0 fully saturated rings. The lowest BCUT2D eigenvalue weighted by Crippen LogP contribution is -2.34. The molecule has 0 bridgehead atoms. The van der Waals surface area contributed by atoms with Gasteiger partial charge in [-0.1, -0.05) is 67.6 Å². The zero-order chi connectivity index (χ0) is 17.5. The molecule has 0 spiro atoms. The monoisotopic (exact) mass is 326 g/mol. The molecule has 0 unspecified atom stereocenters. The molecular formula is C20H22O4. The maximum Gasteiger partial charge on any atom is 0.320 e. The highest BCUT2D eigenvalue weighted by atomic mass is 16.5. The van der Waals surface area contributed by atoms with Crippen molar-refractivity contribution in [3.8, 4) is 0 Å². The third-order valence-corrected chi connectivity index (χ3v) is 4.32. The van der Waals surface area contributed by atoms with Crippen molar-refractivity contribution >= 4 is 11.9 Å². The van der Waals surface area contributed by atoms with Gasteiger partial charge >= 0.3 is 11.9 Å². The van der Waals surface area contributed by atoms with Crippen molar-refractivity contribution < 1.29 is 19.1 Å². The standard InChI is InChI=1S/C20H22O4/c1-14(15-10-6-4-7-11-15)17(16-12-8-5-9-13-16)18(19(21)23-2)20(22)24-3/h4-14,17-18H,1-3H3/t14-,17-/m1/s1. The van der Waals surface area contributed by atoms with Gasteiger partial charge in [0.25, 0.3) is 0 Å². The Hall–Kier alpha value is -2.62. The Balaban J connectivity index is 2.53. The fourth-order valence-electron chi connectivity index (χ4n) is 3.05. The number of benzene rings is 2. The summed E-state index contributed by atoms with van der Waals surface area (Å²) in [6.45, 7) is 2.01. The van der Waals surface area contributed by atoms with Crippen LogP contribution in [0.4, 0.5) is 0 Å². The molecule has 0 amide bonds. The van der Waals surface area contributed by atoms with Gasteiger partial charge in [0.05, 0.1) is 14.2 Å². The Labute approximate surface area is 142 Å². The lowest BCUT2D eigenvalue weighted by atomic mass is 9.74. The number of rotatable bonds is 6. The molecule has 2 rings (SSSR count).